The van der Waals surface area contributed by atoms with Gasteiger partial charge in [0, 0.05) is 18.7 Å². The molecule has 0 saturated heterocycles. The first kappa shape index (κ1) is 15.8. The van der Waals surface area contributed by atoms with Gasteiger partial charge in [-0.2, -0.15) is 0 Å². The number of benzene rings is 2. The maximum atomic E-state index is 12.4. The number of hydrogen-bond acceptors (Lipinski definition) is 3. The van der Waals surface area contributed by atoms with Crippen molar-refractivity contribution in [3.8, 4) is 5.75 Å². The van der Waals surface area contributed by atoms with Crippen molar-refractivity contribution >= 4 is 18.3 Å². The van der Waals surface area contributed by atoms with E-state index in [1.165, 1.54) is 11.1 Å². The van der Waals surface area contributed by atoms with Crippen LogP contribution >= 0.6 is 12.4 Å². The number of carbonyl (C=O) groups is 1. The molecule has 0 radical (unpaired) electrons. The average Bonchev–Trinajstić information content (AvgIpc) is 3.02. The molecular formula is C18H19ClN2O2. The molecule has 0 aromatic heterocycles. The summed E-state index contributed by atoms with van der Waals surface area (Å²) >= 11 is 0. The Bertz CT molecular complexity index is 733. The maximum Gasteiger partial charge on any atom is 0.251 e. The zero-order chi connectivity index (χ0) is 14.9. The van der Waals surface area contributed by atoms with Crippen LogP contribution in [0.4, 0.5) is 0 Å². The third-order valence-electron chi connectivity index (χ3n) is 4.31. The van der Waals surface area contributed by atoms with Gasteiger partial charge in [0.25, 0.3) is 5.91 Å². The average molecular weight is 331 g/mol. The van der Waals surface area contributed by atoms with Crippen LogP contribution < -0.4 is 15.4 Å². The lowest BCUT2D eigenvalue weighted by Crippen LogP contribution is -2.42. The van der Waals surface area contributed by atoms with Gasteiger partial charge < -0.3 is 15.4 Å². The zero-order valence-electron chi connectivity index (χ0n) is 12.7. The lowest BCUT2D eigenvalue weighted by atomic mass is 10.0. The van der Waals surface area contributed by atoms with Crippen molar-refractivity contribution in [2.24, 2.45) is 0 Å². The minimum Gasteiger partial charge on any atom is -0.491 e. The number of hydrogen-bond donors (Lipinski definition) is 2. The molecule has 2 aromatic rings. The quantitative estimate of drug-likeness (QED) is 0.889. The number of nitrogens with one attached hydrogen (secondary N) is 2. The van der Waals surface area contributed by atoms with Crippen molar-refractivity contribution in [3.63, 3.8) is 0 Å². The predicted octanol–water partition coefficient (Wildman–Crippen LogP) is 2.45. The van der Waals surface area contributed by atoms with E-state index in [4.69, 9.17) is 4.74 Å². The van der Waals surface area contributed by atoms with Crippen LogP contribution in [0.15, 0.2) is 42.5 Å². The van der Waals surface area contributed by atoms with E-state index in [0.717, 1.165) is 36.4 Å². The van der Waals surface area contributed by atoms with E-state index < -0.39 is 0 Å². The molecular weight excluding hydrogens is 312 g/mol. The van der Waals surface area contributed by atoms with E-state index in [0.29, 0.717) is 6.61 Å². The van der Waals surface area contributed by atoms with Gasteiger partial charge in [-0.15, -0.1) is 12.4 Å². The van der Waals surface area contributed by atoms with Crippen LogP contribution in [-0.2, 0) is 19.5 Å². The lowest BCUT2D eigenvalue weighted by molar-refractivity contribution is 0.0915. The molecule has 1 unspecified atom stereocenters. The molecule has 1 atom stereocenters. The lowest BCUT2D eigenvalue weighted by Gasteiger charge is -2.26. The molecule has 0 aliphatic carbocycles. The predicted molar refractivity (Wildman–Crippen MR) is 91.1 cm³/mol. The molecule has 2 N–H and O–H groups in total. The summed E-state index contributed by atoms with van der Waals surface area (Å²) in [5, 5.41) is 6.38. The van der Waals surface area contributed by atoms with Gasteiger partial charge in [0.1, 0.15) is 12.4 Å². The molecule has 1 amide bonds. The Morgan fingerprint density at radius 2 is 1.91 bits per heavy atom. The van der Waals surface area contributed by atoms with Crippen LogP contribution in [-0.4, -0.2) is 18.6 Å². The third-order valence-corrected chi connectivity index (χ3v) is 4.31. The highest BCUT2D eigenvalue weighted by atomic mass is 35.5. The first-order chi connectivity index (χ1) is 10.8. The summed E-state index contributed by atoms with van der Waals surface area (Å²) in [7, 11) is 0. The Morgan fingerprint density at radius 1 is 1.09 bits per heavy atom. The number of ether oxygens (including phenoxy) is 1. The Kier molecular flexibility index (Phi) is 4.55. The van der Waals surface area contributed by atoms with Gasteiger partial charge in [-0.05, 0) is 41.3 Å². The smallest absolute Gasteiger partial charge is 0.251 e. The van der Waals surface area contributed by atoms with Gasteiger partial charge in [0.2, 0.25) is 0 Å². The van der Waals surface area contributed by atoms with E-state index in [1.807, 2.05) is 36.4 Å². The summed E-state index contributed by atoms with van der Waals surface area (Å²) in [6.07, 6.45) is 0.814. The number of carbonyl (C=O) groups excluding carboxylic acids is 1. The molecule has 2 heterocycles. The normalized spacial score (nSPS) is 18.2. The molecule has 2 aliphatic rings. The summed E-state index contributed by atoms with van der Waals surface area (Å²) < 4.78 is 5.72. The van der Waals surface area contributed by atoms with Gasteiger partial charge in [-0.3, -0.25) is 4.79 Å². The first-order valence-electron chi connectivity index (χ1n) is 7.64. The molecule has 4 rings (SSSR count). The number of para-hydroxylation sites is 1. The van der Waals surface area contributed by atoms with E-state index in [2.05, 4.69) is 16.7 Å². The highest BCUT2D eigenvalue weighted by molar-refractivity contribution is 5.94. The highest BCUT2D eigenvalue weighted by Crippen LogP contribution is 2.24. The summed E-state index contributed by atoms with van der Waals surface area (Å²) in [4.78, 5) is 12.4. The van der Waals surface area contributed by atoms with Gasteiger partial charge in [-0.1, -0.05) is 24.3 Å². The molecule has 0 fully saturated rings. The standard InChI is InChI=1S/C18H18N2O2.ClH/c21-18(13-5-6-14-9-19-10-15(14)7-13)20-16-8-12-3-1-2-4-17(12)22-11-16;/h1-7,16,19H,8-11H2,(H,20,21);1H. The fourth-order valence-electron chi connectivity index (χ4n) is 3.13. The number of fused-ring (bicyclic) bond motifs is 2. The molecule has 23 heavy (non-hydrogen) atoms. The van der Waals surface area contributed by atoms with E-state index in [-0.39, 0.29) is 24.4 Å². The largest absolute Gasteiger partial charge is 0.491 e. The van der Waals surface area contributed by atoms with Crippen LogP contribution in [0.2, 0.25) is 0 Å². The number of amides is 1. The van der Waals surface area contributed by atoms with Crippen molar-refractivity contribution in [2.45, 2.75) is 25.6 Å². The second kappa shape index (κ2) is 6.60. The van der Waals surface area contributed by atoms with E-state index >= 15 is 0 Å². The van der Waals surface area contributed by atoms with Crippen molar-refractivity contribution in [1.82, 2.24) is 10.6 Å². The molecule has 2 aromatic carbocycles. The van der Waals surface area contributed by atoms with Gasteiger partial charge in [0.15, 0.2) is 0 Å². The SMILES string of the molecule is Cl.O=C(NC1COc2ccccc2C1)c1ccc2c(c1)CNC2. The zero-order valence-corrected chi connectivity index (χ0v) is 13.5. The van der Waals surface area contributed by atoms with E-state index in [1.54, 1.807) is 0 Å². The fourth-order valence-corrected chi connectivity index (χ4v) is 3.13. The van der Waals surface area contributed by atoms with Crippen molar-refractivity contribution in [1.29, 1.82) is 0 Å². The van der Waals surface area contributed by atoms with Gasteiger partial charge >= 0.3 is 0 Å². The number of halogens is 1. The first-order valence-corrected chi connectivity index (χ1v) is 7.64. The molecule has 0 bridgehead atoms. The second-order valence-corrected chi connectivity index (χ2v) is 5.88. The molecule has 0 saturated carbocycles. The molecule has 0 spiro atoms. The van der Waals surface area contributed by atoms with Crippen LogP contribution in [0.5, 0.6) is 5.75 Å². The van der Waals surface area contributed by atoms with Gasteiger partial charge in [-0.25, -0.2) is 0 Å². The molecule has 120 valence electrons. The van der Waals surface area contributed by atoms with Gasteiger partial charge in [0.05, 0.1) is 6.04 Å². The van der Waals surface area contributed by atoms with Crippen molar-refractivity contribution < 1.29 is 9.53 Å². The Morgan fingerprint density at radius 3 is 2.83 bits per heavy atom. The van der Waals surface area contributed by atoms with Crippen LogP contribution in [0.1, 0.15) is 27.0 Å². The number of rotatable bonds is 2. The Hall–Kier alpha value is -2.04. The molecule has 2 aliphatic heterocycles. The van der Waals surface area contributed by atoms with Crippen LogP contribution in [0, 0.1) is 0 Å². The monoisotopic (exact) mass is 330 g/mol. The fraction of sp³-hybridized carbons (Fsp3) is 0.278. The minimum absolute atomic E-state index is 0. The third kappa shape index (κ3) is 3.19. The Balaban J connectivity index is 0.00000156. The van der Waals surface area contributed by atoms with E-state index in [9.17, 15) is 4.79 Å². The molecule has 5 heteroatoms. The minimum atomic E-state index is -0.0253. The molecule has 4 nitrogen and oxygen atoms in total. The second-order valence-electron chi connectivity index (χ2n) is 5.88. The Labute approximate surface area is 141 Å². The topological polar surface area (TPSA) is 50.4 Å². The highest BCUT2D eigenvalue weighted by Gasteiger charge is 2.22. The van der Waals surface area contributed by atoms with Crippen LogP contribution in [0.25, 0.3) is 0 Å². The van der Waals surface area contributed by atoms with Crippen molar-refractivity contribution in [3.05, 3.63) is 64.7 Å². The summed E-state index contributed by atoms with van der Waals surface area (Å²) in [6, 6.07) is 13.9. The summed E-state index contributed by atoms with van der Waals surface area (Å²) in [5.41, 5.74) is 4.38. The summed E-state index contributed by atoms with van der Waals surface area (Å²) in [6.45, 7) is 2.26. The maximum absolute atomic E-state index is 12.4. The van der Waals surface area contributed by atoms with Crippen LogP contribution in [0.3, 0.4) is 0 Å². The summed E-state index contributed by atoms with van der Waals surface area (Å²) in [5.74, 6) is 0.902. The van der Waals surface area contributed by atoms with Crippen molar-refractivity contribution in [2.75, 3.05) is 6.61 Å².